The average molecular weight is 1110 g/mol. The molecule has 2 unspecified atom stereocenters. The van der Waals surface area contributed by atoms with Gasteiger partial charge in [-0.3, -0.25) is 24.2 Å². The van der Waals surface area contributed by atoms with Crippen molar-refractivity contribution < 1.29 is 91.0 Å². The van der Waals surface area contributed by atoms with E-state index in [0.717, 1.165) is 30.6 Å². The Kier molecular flexibility index (Phi) is 27.6. The van der Waals surface area contributed by atoms with Crippen molar-refractivity contribution in [3.05, 3.63) is 12.3 Å². The van der Waals surface area contributed by atoms with Crippen LogP contribution in [0.25, 0.3) is 0 Å². The largest absolute Gasteiger partial charge is 0.480 e. The number of rotatable bonds is 9. The number of allylic oxidation sites excluding steroid dienone is 1. The Morgan fingerprint density at radius 3 is 1.47 bits per heavy atom. The van der Waals surface area contributed by atoms with Gasteiger partial charge in [-0.05, 0) is 167 Å². The minimum atomic E-state index is -0.937. The molecule has 0 aromatic rings. The Morgan fingerprint density at radius 1 is 0.538 bits per heavy atom. The lowest BCUT2D eigenvalue weighted by molar-refractivity contribution is -0.156. The van der Waals surface area contributed by atoms with Crippen LogP contribution in [-0.4, -0.2) is 165 Å². The van der Waals surface area contributed by atoms with Gasteiger partial charge in [0.05, 0.1) is 26.4 Å². The first-order chi connectivity index (χ1) is 36.4. The summed E-state index contributed by atoms with van der Waals surface area (Å²) in [4.78, 5) is 130. The molecule has 0 spiro atoms. The normalized spacial score (nSPS) is 23.4. The van der Waals surface area contributed by atoms with Crippen LogP contribution in [0.1, 0.15) is 180 Å². The number of imide groups is 1. The molecule has 3 N–H and O–H groups in total. The van der Waals surface area contributed by atoms with Crippen LogP contribution >= 0.6 is 0 Å². The zero-order valence-electron chi connectivity index (χ0n) is 48.1. The highest BCUT2D eigenvalue weighted by atomic mass is 16.6. The monoisotopic (exact) mass is 1110 g/mol. The number of fused-ring (bicyclic) bond motifs is 1. The number of piperidine rings is 4. The van der Waals surface area contributed by atoms with E-state index in [0.29, 0.717) is 83.5 Å². The van der Waals surface area contributed by atoms with Crippen molar-refractivity contribution >= 4 is 65.8 Å². The van der Waals surface area contributed by atoms with E-state index >= 15 is 0 Å². The average Bonchev–Trinajstić information content (AvgIpc) is 4.14. The van der Waals surface area contributed by atoms with Crippen molar-refractivity contribution in [2.45, 2.75) is 233 Å². The van der Waals surface area contributed by atoms with Crippen LogP contribution in [0.3, 0.4) is 0 Å². The molecule has 1 aliphatic carbocycles. The molecule has 24 heteroatoms. The number of aliphatic carboxylic acids is 1. The van der Waals surface area contributed by atoms with Gasteiger partial charge in [-0.1, -0.05) is 6.08 Å². The summed E-state index contributed by atoms with van der Waals surface area (Å²) >= 11 is 0. The minimum Gasteiger partial charge on any atom is -0.480 e. The molecule has 0 aromatic carbocycles. The number of carboxylic acid groups (broad SMARTS) is 1. The standard InChI is InChI=1S/C14H23NO4.C13H21NO5.C13H21NO4.C8H13NO3.C6H9NO3/c1-5-18-12(16)10-7-6-9-8-11(9)15(10)13(17)19-14(2,3)4;1-5-18-11(16)9-7-6-8-10(15)14(9)12(17)19-13(2,3)4;1-5-17-11(15)10-8-6-7-9-14(10)12(16)18-13(2,3)4;1-2-12-8(11)6-4-3-5-7(10)9-6;8-5-3-1-2-4(7-5)6(9)10/h9-11H,5-8H2,1-4H3;9H,5-8H2,1-4H3;7,9-10H,5-6,8H2,1-4H3;6H,2-5H2,1H3,(H,9,10);4H,1-3H2,(H,7,8)(H,9,10)/t9?,10-,11?;9-;10-;6-;4-/m11111/s1. The smallest absolute Gasteiger partial charge is 0.417 e. The molecule has 6 amide bonds. The minimum absolute atomic E-state index is 0.0562. The first-order valence-electron chi connectivity index (χ1n) is 27.1. The number of esters is 4. The van der Waals surface area contributed by atoms with Gasteiger partial charge in [0, 0.05) is 31.5 Å². The number of nitrogens with zero attached hydrogens (tertiary/aromatic N) is 3. The Balaban J connectivity index is 0.000000340. The fraction of sp³-hybridized carbons (Fsp3) is 0.759. The number of hydrogen-bond acceptors (Lipinski definition) is 18. The lowest BCUT2D eigenvalue weighted by Crippen LogP contribution is -2.53. The molecule has 4 saturated heterocycles. The Hall–Kier alpha value is -6.49. The third-order valence-electron chi connectivity index (χ3n) is 11.9. The lowest BCUT2D eigenvalue weighted by Gasteiger charge is -2.35. The van der Waals surface area contributed by atoms with Crippen LogP contribution in [0, 0.1) is 5.92 Å². The van der Waals surface area contributed by atoms with Crippen LogP contribution in [0.15, 0.2) is 12.3 Å². The molecular weight excluding hydrogens is 1020 g/mol. The third-order valence-corrected chi connectivity index (χ3v) is 11.9. The number of carboxylic acids is 1. The van der Waals surface area contributed by atoms with Crippen LogP contribution in [0.2, 0.25) is 0 Å². The van der Waals surface area contributed by atoms with E-state index in [1.165, 1.54) is 4.90 Å². The summed E-state index contributed by atoms with van der Waals surface area (Å²) < 4.78 is 35.6. The van der Waals surface area contributed by atoms with Gasteiger partial charge in [-0.15, -0.1) is 0 Å². The second kappa shape index (κ2) is 31.8. The summed E-state index contributed by atoms with van der Waals surface area (Å²) in [5.74, 6) is -2.55. The van der Waals surface area contributed by atoms with Gasteiger partial charge in [0.25, 0.3) is 0 Å². The molecule has 24 nitrogen and oxygen atoms in total. The fourth-order valence-electron chi connectivity index (χ4n) is 8.42. The number of ether oxygens (including phenoxy) is 7. The molecule has 5 heterocycles. The molecular formula is C54H87N5O19. The third kappa shape index (κ3) is 24.0. The van der Waals surface area contributed by atoms with E-state index in [2.05, 4.69) is 10.6 Å². The molecule has 6 rings (SSSR count). The van der Waals surface area contributed by atoms with Crippen LogP contribution < -0.4 is 10.6 Å². The van der Waals surface area contributed by atoms with Crippen molar-refractivity contribution in [1.29, 1.82) is 0 Å². The first-order valence-corrected chi connectivity index (χ1v) is 27.1. The predicted molar refractivity (Wildman–Crippen MR) is 280 cm³/mol. The summed E-state index contributed by atoms with van der Waals surface area (Å²) in [5, 5.41) is 13.4. The summed E-state index contributed by atoms with van der Waals surface area (Å²) in [6.45, 7) is 24.2. The fourth-order valence-corrected chi connectivity index (χ4v) is 8.42. The highest BCUT2D eigenvalue weighted by Gasteiger charge is 2.53. The van der Waals surface area contributed by atoms with E-state index < -0.39 is 83.1 Å². The van der Waals surface area contributed by atoms with Gasteiger partial charge in [0.2, 0.25) is 17.7 Å². The maximum atomic E-state index is 12.3. The molecule has 5 fully saturated rings. The molecule has 0 aromatic heterocycles. The van der Waals surface area contributed by atoms with E-state index in [4.69, 9.17) is 38.3 Å². The highest BCUT2D eigenvalue weighted by molar-refractivity contribution is 5.98. The Bertz CT molecular complexity index is 2110. The number of nitrogens with one attached hydrogen (secondary N) is 2. The second-order valence-corrected chi connectivity index (χ2v) is 21.9. The van der Waals surface area contributed by atoms with Crippen LogP contribution in [0.5, 0.6) is 0 Å². The molecule has 6 aliphatic rings. The van der Waals surface area contributed by atoms with Gasteiger partial charge in [-0.2, -0.15) is 0 Å². The zero-order chi connectivity index (χ0) is 59.1. The number of carbonyl (C=O) groups excluding carboxylic acids is 10. The zero-order valence-corrected chi connectivity index (χ0v) is 48.1. The molecule has 442 valence electrons. The summed E-state index contributed by atoms with van der Waals surface area (Å²) in [6.07, 6.45) is 10.7. The summed E-state index contributed by atoms with van der Waals surface area (Å²) in [7, 11) is 0. The quantitative estimate of drug-likeness (QED) is 0.161. The summed E-state index contributed by atoms with van der Waals surface area (Å²) in [5.41, 5.74) is -1.84. The highest BCUT2D eigenvalue weighted by Crippen LogP contribution is 2.46. The molecule has 5 aliphatic heterocycles. The van der Waals surface area contributed by atoms with Gasteiger partial charge in [0.1, 0.15) is 47.0 Å². The van der Waals surface area contributed by atoms with Gasteiger partial charge < -0.3 is 48.9 Å². The van der Waals surface area contributed by atoms with Gasteiger partial charge >= 0.3 is 48.1 Å². The van der Waals surface area contributed by atoms with Crippen molar-refractivity contribution in [3.8, 4) is 0 Å². The van der Waals surface area contributed by atoms with Crippen molar-refractivity contribution in [2.75, 3.05) is 26.4 Å². The van der Waals surface area contributed by atoms with E-state index in [1.807, 2.05) is 26.8 Å². The molecule has 0 radical (unpaired) electrons. The number of carbonyl (C=O) groups is 11. The molecule has 0 bridgehead atoms. The van der Waals surface area contributed by atoms with Crippen molar-refractivity contribution in [2.24, 2.45) is 5.92 Å². The summed E-state index contributed by atoms with van der Waals surface area (Å²) in [6, 6.07) is -2.81. The van der Waals surface area contributed by atoms with E-state index in [9.17, 15) is 52.7 Å². The van der Waals surface area contributed by atoms with Gasteiger partial charge in [-0.25, -0.2) is 43.3 Å². The molecule has 78 heavy (non-hydrogen) atoms. The SMILES string of the molecule is CCOC(=O)[C@H]1CCC2CC2N1C(=O)OC(C)(C)C.CCOC(=O)[C@H]1CCC=CN1C(=O)OC(C)(C)C.CCOC(=O)[C@H]1CCCC(=O)N1.CCOC(=O)[C@H]1CCCC(=O)N1C(=O)OC(C)(C)C.O=C1CCC[C@H](C(=O)O)N1. The van der Waals surface area contributed by atoms with Gasteiger partial charge in [0.15, 0.2) is 0 Å². The number of hydrogen-bond donors (Lipinski definition) is 3. The molecule has 1 saturated carbocycles. The Labute approximate surface area is 458 Å². The number of amides is 6. The van der Waals surface area contributed by atoms with Crippen LogP contribution in [0.4, 0.5) is 14.4 Å². The maximum Gasteiger partial charge on any atom is 0.417 e. The molecule has 7 atom stereocenters. The van der Waals surface area contributed by atoms with Crippen LogP contribution in [-0.2, 0) is 71.5 Å². The Morgan fingerprint density at radius 2 is 0.987 bits per heavy atom. The lowest BCUT2D eigenvalue weighted by atomic mass is 10.0. The van der Waals surface area contributed by atoms with Crippen molar-refractivity contribution in [3.63, 3.8) is 0 Å². The number of likely N-dealkylation sites (tertiary alicyclic amines) is 2. The predicted octanol–water partition coefficient (Wildman–Crippen LogP) is 6.62. The topological polar surface area (TPSA) is 306 Å². The maximum absolute atomic E-state index is 12.3. The van der Waals surface area contributed by atoms with E-state index in [-0.39, 0.29) is 48.8 Å². The van der Waals surface area contributed by atoms with Crippen molar-refractivity contribution in [1.82, 2.24) is 25.3 Å². The van der Waals surface area contributed by atoms with E-state index in [1.54, 1.807) is 80.3 Å². The first kappa shape index (κ1) is 67.6. The second-order valence-electron chi connectivity index (χ2n) is 21.9.